The molecular formula is C22H22FN3O2S. The van der Waals surface area contributed by atoms with Crippen LogP contribution in [0.15, 0.2) is 54.3 Å². The van der Waals surface area contributed by atoms with Crippen LogP contribution < -0.4 is 9.64 Å². The van der Waals surface area contributed by atoms with Gasteiger partial charge in [-0.05, 0) is 29.7 Å². The molecule has 1 aromatic carbocycles. The van der Waals surface area contributed by atoms with E-state index in [0.717, 1.165) is 30.0 Å². The largest absolute Gasteiger partial charge is 0.489 e. The Kier molecular flexibility index (Phi) is 5.85. The summed E-state index contributed by atoms with van der Waals surface area (Å²) >= 11 is 1.38. The van der Waals surface area contributed by atoms with Crippen LogP contribution in [0.2, 0.25) is 0 Å². The fourth-order valence-electron chi connectivity index (χ4n) is 3.57. The zero-order valence-corrected chi connectivity index (χ0v) is 16.9. The van der Waals surface area contributed by atoms with Crippen molar-refractivity contribution in [2.75, 3.05) is 18.0 Å². The number of Topliss-reactive ketones (excluding diaryl/α,β-unsaturated/α-hetero) is 1. The molecule has 3 heterocycles. The van der Waals surface area contributed by atoms with Gasteiger partial charge in [0.15, 0.2) is 5.78 Å². The number of thiazole rings is 1. The molecule has 1 saturated heterocycles. The fourth-order valence-corrected chi connectivity index (χ4v) is 4.14. The van der Waals surface area contributed by atoms with Crippen molar-refractivity contribution in [3.05, 3.63) is 70.7 Å². The number of rotatable bonds is 7. The number of ether oxygens (including phenoxy) is 1. The van der Waals surface area contributed by atoms with Crippen LogP contribution in [0.5, 0.6) is 5.75 Å². The standard InChI is InChI=1S/C22H22FN3O2S/c1-15(10-20(27)21-12-24-14-29-21)16-2-4-18(5-3-16)28-19-7-9-26(13-19)17-6-8-25-22(23)11-17/h2-6,8,11-12,14-15,19H,7,9-10,13H2,1H3/t15-,19-/m1/s1. The van der Waals surface area contributed by atoms with Crippen LogP contribution in [-0.4, -0.2) is 34.9 Å². The predicted octanol–water partition coefficient (Wildman–Crippen LogP) is 4.71. The summed E-state index contributed by atoms with van der Waals surface area (Å²) in [6.07, 6.45) is 4.51. The van der Waals surface area contributed by atoms with E-state index in [1.807, 2.05) is 30.3 Å². The van der Waals surface area contributed by atoms with Gasteiger partial charge in [-0.3, -0.25) is 9.78 Å². The molecule has 0 spiro atoms. The SMILES string of the molecule is C[C@H](CC(=O)c1cncs1)c1ccc(O[C@@H]2CCN(c3ccnc(F)c3)C2)cc1. The summed E-state index contributed by atoms with van der Waals surface area (Å²) < 4.78 is 19.4. The van der Waals surface area contributed by atoms with Crippen LogP contribution in [0.25, 0.3) is 0 Å². The first-order valence-electron chi connectivity index (χ1n) is 9.63. The first kappa shape index (κ1) is 19.5. The molecule has 0 N–H and O–H groups in total. The van der Waals surface area contributed by atoms with Crippen LogP contribution in [0.1, 0.15) is 40.9 Å². The quantitative estimate of drug-likeness (QED) is 0.416. The Morgan fingerprint density at radius 1 is 1.34 bits per heavy atom. The second-order valence-electron chi connectivity index (χ2n) is 7.27. The van der Waals surface area contributed by atoms with Gasteiger partial charge in [0.2, 0.25) is 5.95 Å². The molecule has 29 heavy (non-hydrogen) atoms. The molecule has 0 bridgehead atoms. The Hall–Kier alpha value is -2.80. The molecule has 1 fully saturated rings. The molecular weight excluding hydrogens is 389 g/mol. The summed E-state index contributed by atoms with van der Waals surface area (Å²) in [6.45, 7) is 3.59. The fraction of sp³-hybridized carbons (Fsp3) is 0.318. The number of hydrogen-bond donors (Lipinski definition) is 0. The Labute approximate surface area is 173 Å². The third-order valence-electron chi connectivity index (χ3n) is 5.17. The highest BCUT2D eigenvalue weighted by Gasteiger charge is 2.24. The maximum absolute atomic E-state index is 13.3. The minimum atomic E-state index is -0.467. The van der Waals surface area contributed by atoms with Crippen molar-refractivity contribution >= 4 is 22.8 Å². The van der Waals surface area contributed by atoms with Gasteiger partial charge in [0.05, 0.1) is 16.9 Å². The number of aromatic nitrogens is 2. The Morgan fingerprint density at radius 3 is 2.90 bits per heavy atom. The Balaban J connectivity index is 1.32. The maximum Gasteiger partial charge on any atom is 0.214 e. The lowest BCUT2D eigenvalue weighted by molar-refractivity contribution is 0.0979. The molecule has 2 atom stereocenters. The van der Waals surface area contributed by atoms with Crippen molar-refractivity contribution < 1.29 is 13.9 Å². The molecule has 150 valence electrons. The molecule has 0 aliphatic carbocycles. The number of halogens is 1. The Bertz CT molecular complexity index is 962. The summed E-state index contributed by atoms with van der Waals surface area (Å²) in [4.78, 5) is 22.7. The van der Waals surface area contributed by atoms with Crippen LogP contribution in [-0.2, 0) is 0 Å². The van der Waals surface area contributed by atoms with E-state index >= 15 is 0 Å². The van der Waals surface area contributed by atoms with Crippen molar-refractivity contribution in [2.45, 2.75) is 31.8 Å². The summed E-state index contributed by atoms with van der Waals surface area (Å²) in [6, 6.07) is 11.2. The molecule has 2 aromatic heterocycles. The van der Waals surface area contributed by atoms with E-state index in [0.29, 0.717) is 17.8 Å². The average molecular weight is 412 g/mol. The van der Waals surface area contributed by atoms with E-state index in [1.54, 1.807) is 11.7 Å². The van der Waals surface area contributed by atoms with Gasteiger partial charge in [-0.15, -0.1) is 11.3 Å². The van der Waals surface area contributed by atoms with Gasteiger partial charge in [-0.1, -0.05) is 19.1 Å². The second kappa shape index (κ2) is 8.69. The number of anilines is 1. The van der Waals surface area contributed by atoms with Gasteiger partial charge in [0.1, 0.15) is 11.9 Å². The summed E-state index contributed by atoms with van der Waals surface area (Å²) in [5.41, 5.74) is 3.62. The van der Waals surface area contributed by atoms with Crippen LogP contribution in [0.3, 0.4) is 0 Å². The predicted molar refractivity (Wildman–Crippen MR) is 111 cm³/mol. The lowest BCUT2D eigenvalue weighted by atomic mass is 9.95. The van der Waals surface area contributed by atoms with Crippen molar-refractivity contribution in [2.24, 2.45) is 0 Å². The van der Waals surface area contributed by atoms with Gasteiger partial charge in [0, 0.05) is 43.5 Å². The van der Waals surface area contributed by atoms with Gasteiger partial charge in [0.25, 0.3) is 0 Å². The molecule has 1 aliphatic rings. The topological polar surface area (TPSA) is 55.3 Å². The minimum absolute atomic E-state index is 0.0578. The first-order valence-corrected chi connectivity index (χ1v) is 10.5. The highest BCUT2D eigenvalue weighted by molar-refractivity contribution is 7.11. The highest BCUT2D eigenvalue weighted by atomic mass is 32.1. The molecule has 0 unspecified atom stereocenters. The van der Waals surface area contributed by atoms with E-state index in [4.69, 9.17) is 4.74 Å². The summed E-state index contributed by atoms with van der Waals surface area (Å²) in [5, 5.41) is 0. The maximum atomic E-state index is 13.3. The molecule has 5 nitrogen and oxygen atoms in total. The molecule has 0 saturated carbocycles. The third kappa shape index (κ3) is 4.79. The number of pyridine rings is 1. The highest BCUT2D eigenvalue weighted by Crippen LogP contribution is 2.27. The lowest BCUT2D eigenvalue weighted by Crippen LogP contribution is -2.24. The van der Waals surface area contributed by atoms with Crippen molar-refractivity contribution in [1.82, 2.24) is 9.97 Å². The minimum Gasteiger partial charge on any atom is -0.489 e. The van der Waals surface area contributed by atoms with Gasteiger partial charge in [-0.25, -0.2) is 4.98 Å². The van der Waals surface area contributed by atoms with E-state index in [-0.39, 0.29) is 17.8 Å². The normalized spacial score (nSPS) is 17.3. The zero-order valence-electron chi connectivity index (χ0n) is 16.1. The monoisotopic (exact) mass is 411 g/mol. The number of benzene rings is 1. The van der Waals surface area contributed by atoms with Crippen molar-refractivity contribution in [1.29, 1.82) is 0 Å². The van der Waals surface area contributed by atoms with Crippen LogP contribution in [0, 0.1) is 5.95 Å². The molecule has 4 rings (SSSR count). The molecule has 0 amide bonds. The second-order valence-corrected chi connectivity index (χ2v) is 8.16. The van der Waals surface area contributed by atoms with E-state index in [9.17, 15) is 9.18 Å². The van der Waals surface area contributed by atoms with E-state index < -0.39 is 5.95 Å². The van der Waals surface area contributed by atoms with Crippen LogP contribution >= 0.6 is 11.3 Å². The number of carbonyl (C=O) groups is 1. The average Bonchev–Trinajstić information content (AvgIpc) is 3.41. The van der Waals surface area contributed by atoms with E-state index in [2.05, 4.69) is 21.8 Å². The van der Waals surface area contributed by atoms with Crippen molar-refractivity contribution in [3.63, 3.8) is 0 Å². The molecule has 1 aliphatic heterocycles. The van der Waals surface area contributed by atoms with Gasteiger partial charge in [-0.2, -0.15) is 4.39 Å². The van der Waals surface area contributed by atoms with Crippen LogP contribution in [0.4, 0.5) is 10.1 Å². The summed E-state index contributed by atoms with van der Waals surface area (Å²) in [5.74, 6) is 0.592. The summed E-state index contributed by atoms with van der Waals surface area (Å²) in [7, 11) is 0. The van der Waals surface area contributed by atoms with Gasteiger partial charge >= 0.3 is 0 Å². The Morgan fingerprint density at radius 2 is 2.17 bits per heavy atom. The number of ketones is 1. The zero-order chi connectivity index (χ0) is 20.2. The molecule has 3 aromatic rings. The van der Waals surface area contributed by atoms with Crippen molar-refractivity contribution in [3.8, 4) is 5.75 Å². The molecule has 7 heteroatoms. The lowest BCUT2D eigenvalue weighted by Gasteiger charge is -2.19. The number of hydrogen-bond acceptors (Lipinski definition) is 6. The van der Waals surface area contributed by atoms with E-state index in [1.165, 1.54) is 23.6 Å². The van der Waals surface area contributed by atoms with Gasteiger partial charge < -0.3 is 9.64 Å². The first-order chi connectivity index (χ1) is 14.1. The number of nitrogens with zero attached hydrogens (tertiary/aromatic N) is 3. The smallest absolute Gasteiger partial charge is 0.214 e. The molecule has 0 radical (unpaired) electrons. The third-order valence-corrected chi connectivity index (χ3v) is 5.99. The number of carbonyl (C=O) groups excluding carboxylic acids is 1.